The van der Waals surface area contributed by atoms with Crippen LogP contribution < -0.4 is 5.32 Å². The predicted octanol–water partition coefficient (Wildman–Crippen LogP) is 2.55. The number of nitrogens with one attached hydrogen (secondary N) is 1. The minimum atomic E-state index is -0.909. The number of hydrogen-bond acceptors (Lipinski definition) is 2. The van der Waals surface area contributed by atoms with Crippen LogP contribution in [0.15, 0.2) is 24.3 Å². The van der Waals surface area contributed by atoms with E-state index in [1.165, 1.54) is 0 Å². The van der Waals surface area contributed by atoms with Gasteiger partial charge in [-0.05, 0) is 26.0 Å². The van der Waals surface area contributed by atoms with Crippen molar-refractivity contribution in [1.82, 2.24) is 5.32 Å². The molecular weight excluding hydrogens is 210 g/mol. The van der Waals surface area contributed by atoms with Crippen molar-refractivity contribution in [3.8, 4) is 0 Å². The van der Waals surface area contributed by atoms with Crippen LogP contribution in [0.25, 0.3) is 0 Å². The van der Waals surface area contributed by atoms with Crippen molar-refractivity contribution in [3.05, 3.63) is 34.9 Å². The highest BCUT2D eigenvalue weighted by atomic mass is 35.5. The lowest BCUT2D eigenvalue weighted by atomic mass is 9.96. The number of aliphatic hydroxyl groups is 1. The zero-order valence-electron chi connectivity index (χ0n) is 9.26. The fourth-order valence-electron chi connectivity index (χ4n) is 1.50. The first-order chi connectivity index (χ1) is 7.08. The molecule has 1 aromatic carbocycles. The normalized spacial score (nSPS) is 14.9. The van der Waals surface area contributed by atoms with E-state index in [9.17, 15) is 5.11 Å². The predicted molar refractivity (Wildman–Crippen MR) is 64.2 cm³/mol. The summed E-state index contributed by atoms with van der Waals surface area (Å²) in [5.74, 6) is 0. The Kier molecular flexibility index (Phi) is 4.58. The molecule has 0 spiro atoms. The molecule has 0 saturated heterocycles. The summed E-state index contributed by atoms with van der Waals surface area (Å²) >= 11 is 6.03. The van der Waals surface area contributed by atoms with Gasteiger partial charge in [-0.25, -0.2) is 0 Å². The topological polar surface area (TPSA) is 32.3 Å². The second-order valence-corrected chi connectivity index (χ2v) is 4.34. The summed E-state index contributed by atoms with van der Waals surface area (Å²) in [4.78, 5) is 0. The summed E-state index contributed by atoms with van der Waals surface area (Å²) in [5.41, 5.74) is -0.136. The van der Waals surface area contributed by atoms with E-state index >= 15 is 0 Å². The zero-order chi connectivity index (χ0) is 11.3. The average Bonchev–Trinajstić information content (AvgIpc) is 2.18. The molecule has 15 heavy (non-hydrogen) atoms. The Hall–Kier alpha value is -0.570. The third-order valence-corrected chi connectivity index (χ3v) is 2.68. The molecule has 3 heteroatoms. The van der Waals surface area contributed by atoms with Gasteiger partial charge in [-0.3, -0.25) is 0 Å². The molecular formula is C12H18ClNO. The molecule has 0 aliphatic rings. The van der Waals surface area contributed by atoms with Crippen LogP contribution in [0.1, 0.15) is 25.8 Å². The van der Waals surface area contributed by atoms with E-state index in [0.717, 1.165) is 18.5 Å². The largest absolute Gasteiger partial charge is 0.384 e. The molecule has 0 aliphatic carbocycles. The van der Waals surface area contributed by atoms with Crippen LogP contribution in [-0.4, -0.2) is 18.2 Å². The maximum absolute atomic E-state index is 10.2. The summed E-state index contributed by atoms with van der Waals surface area (Å²) in [6.45, 7) is 5.29. The molecule has 0 heterocycles. The second kappa shape index (κ2) is 5.50. The Morgan fingerprint density at radius 2 is 2.07 bits per heavy atom. The van der Waals surface area contributed by atoms with Crippen LogP contribution in [0.5, 0.6) is 0 Å². The van der Waals surface area contributed by atoms with Gasteiger partial charge in [-0.15, -0.1) is 0 Å². The smallest absolute Gasteiger partial charge is 0.101 e. The summed E-state index contributed by atoms with van der Waals surface area (Å²) in [6, 6.07) is 7.40. The molecule has 0 fully saturated rings. The highest BCUT2D eigenvalue weighted by molar-refractivity contribution is 6.31. The fraction of sp³-hybridized carbons (Fsp3) is 0.500. The maximum Gasteiger partial charge on any atom is 0.101 e. The Bertz CT molecular complexity index is 312. The van der Waals surface area contributed by atoms with E-state index in [-0.39, 0.29) is 0 Å². The average molecular weight is 228 g/mol. The molecule has 2 N–H and O–H groups in total. The lowest BCUT2D eigenvalue weighted by Crippen LogP contribution is -2.35. The molecule has 2 nitrogen and oxygen atoms in total. The number of rotatable bonds is 5. The van der Waals surface area contributed by atoms with Crippen LogP contribution in [0.4, 0.5) is 0 Å². The molecule has 0 aliphatic heterocycles. The van der Waals surface area contributed by atoms with Gasteiger partial charge >= 0.3 is 0 Å². The van der Waals surface area contributed by atoms with Gasteiger partial charge < -0.3 is 10.4 Å². The minimum absolute atomic E-state index is 0.518. The lowest BCUT2D eigenvalue weighted by Gasteiger charge is -2.25. The van der Waals surface area contributed by atoms with Crippen molar-refractivity contribution in [2.45, 2.75) is 25.9 Å². The van der Waals surface area contributed by atoms with Gasteiger partial charge in [0.05, 0.1) is 0 Å². The summed E-state index contributed by atoms with van der Waals surface area (Å²) in [6.07, 6.45) is 1.05. The van der Waals surface area contributed by atoms with Crippen molar-refractivity contribution in [2.24, 2.45) is 0 Å². The molecule has 0 aromatic heterocycles. The first-order valence-corrected chi connectivity index (χ1v) is 5.64. The Balaban J connectivity index is 2.72. The monoisotopic (exact) mass is 227 g/mol. The molecule has 1 atom stereocenters. The van der Waals surface area contributed by atoms with Gasteiger partial charge in [-0.1, -0.05) is 36.7 Å². The van der Waals surface area contributed by atoms with Gasteiger partial charge in [0.2, 0.25) is 0 Å². The fourth-order valence-corrected chi connectivity index (χ4v) is 1.84. The minimum Gasteiger partial charge on any atom is -0.384 e. The Morgan fingerprint density at radius 3 is 2.67 bits per heavy atom. The van der Waals surface area contributed by atoms with Crippen molar-refractivity contribution < 1.29 is 5.11 Å². The highest BCUT2D eigenvalue weighted by Gasteiger charge is 2.24. The first-order valence-electron chi connectivity index (χ1n) is 5.26. The quantitative estimate of drug-likeness (QED) is 0.758. The highest BCUT2D eigenvalue weighted by Crippen LogP contribution is 2.26. The van der Waals surface area contributed by atoms with Crippen LogP contribution in [0.3, 0.4) is 0 Å². The molecule has 0 bridgehead atoms. The molecule has 0 radical (unpaired) electrons. The van der Waals surface area contributed by atoms with Crippen LogP contribution >= 0.6 is 11.6 Å². The Labute approximate surface area is 96.3 Å². The van der Waals surface area contributed by atoms with Gasteiger partial charge in [-0.2, -0.15) is 0 Å². The molecule has 1 aromatic rings. The SMILES string of the molecule is CCCNCC(C)(O)c1ccccc1Cl. The zero-order valence-corrected chi connectivity index (χ0v) is 10.0. The van der Waals surface area contributed by atoms with E-state index in [0.29, 0.717) is 11.6 Å². The van der Waals surface area contributed by atoms with Gasteiger partial charge in [0, 0.05) is 17.1 Å². The van der Waals surface area contributed by atoms with E-state index in [1.807, 2.05) is 18.2 Å². The van der Waals surface area contributed by atoms with Crippen molar-refractivity contribution in [1.29, 1.82) is 0 Å². The van der Waals surface area contributed by atoms with E-state index in [1.54, 1.807) is 13.0 Å². The third kappa shape index (κ3) is 3.49. The van der Waals surface area contributed by atoms with Crippen molar-refractivity contribution in [3.63, 3.8) is 0 Å². The van der Waals surface area contributed by atoms with Crippen LogP contribution in [0.2, 0.25) is 5.02 Å². The maximum atomic E-state index is 10.2. The van der Waals surface area contributed by atoms with Gasteiger partial charge in [0.1, 0.15) is 5.60 Å². The number of halogens is 1. The molecule has 1 unspecified atom stereocenters. The third-order valence-electron chi connectivity index (χ3n) is 2.35. The summed E-state index contributed by atoms with van der Waals surface area (Å²) < 4.78 is 0. The lowest BCUT2D eigenvalue weighted by molar-refractivity contribution is 0.0573. The van der Waals surface area contributed by atoms with E-state index in [4.69, 9.17) is 11.6 Å². The van der Waals surface area contributed by atoms with Crippen molar-refractivity contribution in [2.75, 3.05) is 13.1 Å². The second-order valence-electron chi connectivity index (χ2n) is 3.93. The number of hydrogen-bond donors (Lipinski definition) is 2. The van der Waals surface area contributed by atoms with E-state index in [2.05, 4.69) is 12.2 Å². The molecule has 0 amide bonds. The molecule has 0 saturated carbocycles. The van der Waals surface area contributed by atoms with Crippen LogP contribution in [0, 0.1) is 0 Å². The summed E-state index contributed by atoms with van der Waals surface area (Å²) in [7, 11) is 0. The summed E-state index contributed by atoms with van der Waals surface area (Å²) in [5, 5.41) is 14.1. The van der Waals surface area contributed by atoms with E-state index < -0.39 is 5.60 Å². The molecule has 1 rings (SSSR count). The first kappa shape index (κ1) is 12.5. The van der Waals surface area contributed by atoms with Gasteiger partial charge in [0.25, 0.3) is 0 Å². The molecule has 84 valence electrons. The Morgan fingerprint density at radius 1 is 1.40 bits per heavy atom. The van der Waals surface area contributed by atoms with Gasteiger partial charge in [0.15, 0.2) is 0 Å². The van der Waals surface area contributed by atoms with Crippen molar-refractivity contribution >= 4 is 11.6 Å². The number of benzene rings is 1. The standard InChI is InChI=1S/C12H18ClNO/c1-3-8-14-9-12(2,15)10-6-4-5-7-11(10)13/h4-7,14-15H,3,8-9H2,1-2H3. The van der Waals surface area contributed by atoms with Crippen LogP contribution in [-0.2, 0) is 5.60 Å².